The first kappa shape index (κ1) is 17.6. The monoisotopic (exact) mass is 338 g/mol. The molecule has 132 valence electrons. The molecule has 25 heavy (non-hydrogen) atoms. The number of likely N-dealkylation sites (tertiary alicyclic amines) is 1. The van der Waals surface area contributed by atoms with Gasteiger partial charge in [-0.3, -0.25) is 9.78 Å². The van der Waals surface area contributed by atoms with Crippen LogP contribution in [-0.2, 0) is 21.4 Å². The van der Waals surface area contributed by atoms with Crippen molar-refractivity contribution in [2.75, 3.05) is 26.2 Å². The highest BCUT2D eigenvalue weighted by Gasteiger charge is 2.43. The van der Waals surface area contributed by atoms with Gasteiger partial charge in [0.1, 0.15) is 0 Å². The quantitative estimate of drug-likeness (QED) is 0.759. The Morgan fingerprint density at radius 3 is 2.56 bits per heavy atom. The molecule has 0 spiro atoms. The number of pyridine rings is 1. The van der Waals surface area contributed by atoms with Crippen molar-refractivity contribution in [2.24, 2.45) is 0 Å². The molecule has 0 unspecified atom stereocenters. The lowest BCUT2D eigenvalue weighted by molar-refractivity contribution is -0.152. The molecule has 0 radical (unpaired) electrons. The molecule has 1 aromatic carbocycles. The molecule has 0 N–H and O–H groups in total. The second-order valence-electron chi connectivity index (χ2n) is 6.62. The molecule has 1 aliphatic heterocycles. The summed E-state index contributed by atoms with van der Waals surface area (Å²) < 4.78 is 5.44. The smallest absolute Gasteiger partial charge is 0.316 e. The van der Waals surface area contributed by atoms with Gasteiger partial charge in [-0.1, -0.05) is 36.4 Å². The molecule has 1 aromatic heterocycles. The zero-order valence-corrected chi connectivity index (χ0v) is 14.9. The Morgan fingerprint density at radius 1 is 1.16 bits per heavy atom. The topological polar surface area (TPSA) is 42.4 Å². The van der Waals surface area contributed by atoms with Crippen molar-refractivity contribution in [3.05, 3.63) is 66.0 Å². The third kappa shape index (κ3) is 4.07. The van der Waals surface area contributed by atoms with Crippen LogP contribution in [-0.4, -0.2) is 42.1 Å². The van der Waals surface area contributed by atoms with Gasteiger partial charge >= 0.3 is 5.97 Å². The molecule has 0 atom stereocenters. The summed E-state index contributed by atoms with van der Waals surface area (Å²) in [6.45, 7) is 5.12. The lowest BCUT2D eigenvalue weighted by atomic mass is 9.72. The van der Waals surface area contributed by atoms with E-state index in [0.29, 0.717) is 6.61 Å². The van der Waals surface area contributed by atoms with Crippen LogP contribution in [0.25, 0.3) is 0 Å². The molecule has 1 saturated heterocycles. The summed E-state index contributed by atoms with van der Waals surface area (Å²) in [4.78, 5) is 19.4. The Balaban J connectivity index is 1.66. The number of nitrogens with zero attached hydrogens (tertiary/aromatic N) is 2. The molecule has 0 saturated carbocycles. The second kappa shape index (κ2) is 8.26. The third-order valence-corrected chi connectivity index (χ3v) is 5.14. The molecule has 0 bridgehead atoms. The Bertz CT molecular complexity index is 665. The van der Waals surface area contributed by atoms with E-state index < -0.39 is 5.41 Å². The first-order chi connectivity index (χ1) is 12.2. The number of hydrogen-bond donors (Lipinski definition) is 0. The van der Waals surface area contributed by atoms with Crippen molar-refractivity contribution in [3.63, 3.8) is 0 Å². The summed E-state index contributed by atoms with van der Waals surface area (Å²) in [5, 5.41) is 0. The van der Waals surface area contributed by atoms with Crippen LogP contribution in [0.3, 0.4) is 0 Å². The molecule has 2 aromatic rings. The average molecular weight is 338 g/mol. The molecule has 4 heteroatoms. The first-order valence-electron chi connectivity index (χ1n) is 9.08. The molecule has 1 fully saturated rings. The van der Waals surface area contributed by atoms with Gasteiger partial charge in [0.15, 0.2) is 0 Å². The number of hydrogen-bond acceptors (Lipinski definition) is 4. The number of esters is 1. The maximum absolute atomic E-state index is 12.8. The van der Waals surface area contributed by atoms with Crippen LogP contribution in [0.2, 0.25) is 0 Å². The van der Waals surface area contributed by atoms with Crippen LogP contribution in [0.15, 0.2) is 54.9 Å². The number of ether oxygens (including phenoxy) is 1. The number of piperidine rings is 1. The summed E-state index contributed by atoms with van der Waals surface area (Å²) in [7, 11) is 0. The van der Waals surface area contributed by atoms with E-state index in [4.69, 9.17) is 4.74 Å². The van der Waals surface area contributed by atoms with Gasteiger partial charge in [-0.15, -0.1) is 0 Å². The highest BCUT2D eigenvalue weighted by Crippen LogP contribution is 2.37. The first-order valence-corrected chi connectivity index (χ1v) is 9.08. The fraction of sp³-hybridized carbons (Fsp3) is 0.429. The average Bonchev–Trinajstić information content (AvgIpc) is 2.68. The Morgan fingerprint density at radius 2 is 1.92 bits per heavy atom. The number of aromatic nitrogens is 1. The van der Waals surface area contributed by atoms with Crippen LogP contribution in [0, 0.1) is 0 Å². The van der Waals surface area contributed by atoms with Gasteiger partial charge in [0.25, 0.3) is 0 Å². The minimum atomic E-state index is -0.498. The normalized spacial score (nSPS) is 17.2. The number of carbonyl (C=O) groups excluding carboxylic acids is 1. The molecule has 4 nitrogen and oxygen atoms in total. The Labute approximate surface area is 149 Å². The maximum Gasteiger partial charge on any atom is 0.316 e. The van der Waals surface area contributed by atoms with E-state index in [-0.39, 0.29) is 5.97 Å². The van der Waals surface area contributed by atoms with Crippen molar-refractivity contribution in [3.8, 4) is 0 Å². The highest BCUT2D eigenvalue weighted by atomic mass is 16.5. The fourth-order valence-corrected chi connectivity index (χ4v) is 3.63. The van der Waals surface area contributed by atoms with E-state index in [0.717, 1.165) is 44.5 Å². The Hall–Kier alpha value is -2.20. The maximum atomic E-state index is 12.8. The van der Waals surface area contributed by atoms with Crippen molar-refractivity contribution >= 4 is 5.97 Å². The molecular weight excluding hydrogens is 312 g/mol. The predicted molar refractivity (Wildman–Crippen MR) is 98.4 cm³/mol. The van der Waals surface area contributed by atoms with E-state index in [1.807, 2.05) is 37.4 Å². The zero-order valence-electron chi connectivity index (χ0n) is 14.9. The third-order valence-electron chi connectivity index (χ3n) is 5.14. The van der Waals surface area contributed by atoms with E-state index in [2.05, 4.69) is 28.1 Å². The van der Waals surface area contributed by atoms with E-state index in [1.165, 1.54) is 5.56 Å². The van der Waals surface area contributed by atoms with Crippen molar-refractivity contribution in [2.45, 2.75) is 31.6 Å². The van der Waals surface area contributed by atoms with Gasteiger partial charge in [0, 0.05) is 18.9 Å². The number of rotatable bonds is 6. The van der Waals surface area contributed by atoms with Crippen LogP contribution in [0.1, 0.15) is 30.9 Å². The lowest BCUT2D eigenvalue weighted by Crippen LogP contribution is -2.48. The minimum absolute atomic E-state index is 0.0758. The minimum Gasteiger partial charge on any atom is -0.465 e. The molecular formula is C21H26N2O2. The van der Waals surface area contributed by atoms with Crippen LogP contribution in [0.4, 0.5) is 0 Å². The van der Waals surface area contributed by atoms with Crippen LogP contribution in [0.5, 0.6) is 0 Å². The fourth-order valence-electron chi connectivity index (χ4n) is 3.63. The largest absolute Gasteiger partial charge is 0.465 e. The summed E-state index contributed by atoms with van der Waals surface area (Å²) in [5.74, 6) is -0.0758. The molecule has 3 rings (SSSR count). The summed E-state index contributed by atoms with van der Waals surface area (Å²) in [6.07, 6.45) is 6.34. The van der Waals surface area contributed by atoms with Gasteiger partial charge in [-0.05, 0) is 56.5 Å². The van der Waals surface area contributed by atoms with Gasteiger partial charge < -0.3 is 9.64 Å². The van der Waals surface area contributed by atoms with Crippen LogP contribution >= 0.6 is 0 Å². The molecule has 2 heterocycles. The number of benzene rings is 1. The summed E-state index contributed by atoms with van der Waals surface area (Å²) in [6, 6.07) is 14.2. The van der Waals surface area contributed by atoms with Crippen molar-refractivity contribution < 1.29 is 9.53 Å². The van der Waals surface area contributed by atoms with E-state index in [9.17, 15) is 4.79 Å². The van der Waals surface area contributed by atoms with E-state index >= 15 is 0 Å². The molecule has 0 amide bonds. The van der Waals surface area contributed by atoms with Gasteiger partial charge in [-0.25, -0.2) is 0 Å². The summed E-state index contributed by atoms with van der Waals surface area (Å²) >= 11 is 0. The van der Waals surface area contributed by atoms with Gasteiger partial charge in [-0.2, -0.15) is 0 Å². The molecule has 0 aliphatic carbocycles. The lowest BCUT2D eigenvalue weighted by Gasteiger charge is -2.40. The standard InChI is InChI=1S/C21H26N2O2/c1-2-25-20(24)21(19-8-4-3-5-9-19)11-15-23(16-12-21)14-10-18-7-6-13-22-17-18/h3-9,13,17H,2,10-12,14-16H2,1H3. The zero-order chi connectivity index (χ0) is 17.5. The predicted octanol–water partition coefficient (Wildman–Crippen LogP) is 3.22. The van der Waals surface area contributed by atoms with Crippen LogP contribution < -0.4 is 0 Å². The SMILES string of the molecule is CCOC(=O)C1(c2ccccc2)CCN(CCc2cccnc2)CC1. The summed E-state index contributed by atoms with van der Waals surface area (Å²) in [5.41, 5.74) is 1.84. The van der Waals surface area contributed by atoms with Gasteiger partial charge in [0.05, 0.1) is 12.0 Å². The van der Waals surface area contributed by atoms with Crippen molar-refractivity contribution in [1.82, 2.24) is 9.88 Å². The second-order valence-corrected chi connectivity index (χ2v) is 6.62. The van der Waals surface area contributed by atoms with Crippen molar-refractivity contribution in [1.29, 1.82) is 0 Å². The number of carbonyl (C=O) groups is 1. The Kier molecular flexibility index (Phi) is 5.82. The highest BCUT2D eigenvalue weighted by molar-refractivity contribution is 5.83. The van der Waals surface area contributed by atoms with Gasteiger partial charge in [0.2, 0.25) is 0 Å². The van der Waals surface area contributed by atoms with E-state index in [1.54, 1.807) is 6.20 Å². The molecule has 1 aliphatic rings.